The van der Waals surface area contributed by atoms with Crippen LogP contribution in [0.25, 0.3) is 11.1 Å². The number of halogens is 5. The van der Waals surface area contributed by atoms with Crippen molar-refractivity contribution >= 4 is 23.4 Å². The molecule has 0 aliphatic carbocycles. The van der Waals surface area contributed by atoms with Crippen LogP contribution in [-0.2, 0) is 0 Å². The molecule has 0 aliphatic heterocycles. The van der Waals surface area contributed by atoms with Gasteiger partial charge in [0.25, 0.3) is 0 Å². The van der Waals surface area contributed by atoms with E-state index >= 15 is 0 Å². The Labute approximate surface area is 135 Å². The largest absolute Gasteiger partial charge is 0.446 e. The summed E-state index contributed by atoms with van der Waals surface area (Å²) >= 11 is 5.80. The van der Waals surface area contributed by atoms with Crippen LogP contribution in [-0.4, -0.2) is 5.51 Å². The minimum atomic E-state index is -4.40. The van der Waals surface area contributed by atoms with Crippen LogP contribution in [0.1, 0.15) is 25.3 Å². The highest BCUT2D eigenvalue weighted by molar-refractivity contribution is 8.00. The topological polar surface area (TPSA) is 0 Å². The lowest BCUT2D eigenvalue weighted by Crippen LogP contribution is -1.99. The summed E-state index contributed by atoms with van der Waals surface area (Å²) in [6, 6.07) is 8.74. The van der Waals surface area contributed by atoms with Gasteiger partial charge >= 0.3 is 5.51 Å². The number of hydrogen-bond acceptors (Lipinski definition) is 1. The van der Waals surface area contributed by atoms with E-state index in [0.717, 1.165) is 0 Å². The van der Waals surface area contributed by atoms with Gasteiger partial charge in [0.1, 0.15) is 5.82 Å². The lowest BCUT2D eigenvalue weighted by molar-refractivity contribution is -0.0328. The van der Waals surface area contributed by atoms with Crippen LogP contribution in [0.15, 0.2) is 41.3 Å². The van der Waals surface area contributed by atoms with Crippen LogP contribution in [0.3, 0.4) is 0 Å². The zero-order valence-electron chi connectivity index (χ0n) is 11.8. The van der Waals surface area contributed by atoms with Crippen molar-refractivity contribution in [3.05, 3.63) is 52.8 Å². The first-order valence-corrected chi connectivity index (χ1v) is 7.72. The molecule has 0 bridgehead atoms. The summed E-state index contributed by atoms with van der Waals surface area (Å²) in [5.74, 6) is -0.486. The normalized spacial score (nSPS) is 12.0. The van der Waals surface area contributed by atoms with Crippen LogP contribution in [0.5, 0.6) is 0 Å². The molecule has 0 spiro atoms. The first kappa shape index (κ1) is 17.2. The van der Waals surface area contributed by atoms with E-state index in [2.05, 4.69) is 0 Å². The zero-order valence-corrected chi connectivity index (χ0v) is 13.4. The SMILES string of the molecule is CC(C)c1cccc(-c2cc(SC(F)(F)F)ccc2Cl)c1F. The fraction of sp³-hybridized carbons (Fsp3) is 0.250. The standard InChI is InChI=1S/C16H13ClF4S/c1-9(2)11-4-3-5-12(15(11)18)13-8-10(6-7-14(13)17)22-16(19,20)21/h3-9H,1-2H3. The van der Waals surface area contributed by atoms with E-state index in [-0.39, 0.29) is 38.7 Å². The molecule has 22 heavy (non-hydrogen) atoms. The second kappa shape index (κ2) is 6.50. The molecule has 0 aliphatic rings. The second-order valence-electron chi connectivity index (χ2n) is 5.05. The lowest BCUT2D eigenvalue weighted by atomic mass is 9.96. The molecule has 0 amide bonds. The van der Waals surface area contributed by atoms with Gasteiger partial charge in [-0.15, -0.1) is 0 Å². The molecule has 6 heteroatoms. The molecular weight excluding hydrogens is 336 g/mol. The monoisotopic (exact) mass is 348 g/mol. The van der Waals surface area contributed by atoms with Crippen molar-refractivity contribution in [3.63, 3.8) is 0 Å². The predicted molar refractivity (Wildman–Crippen MR) is 82.8 cm³/mol. The third-order valence-corrected chi connectivity index (χ3v) is 4.16. The van der Waals surface area contributed by atoms with Crippen molar-refractivity contribution in [2.45, 2.75) is 30.2 Å². The van der Waals surface area contributed by atoms with E-state index in [9.17, 15) is 17.6 Å². The Bertz CT molecular complexity index is 680. The first-order valence-electron chi connectivity index (χ1n) is 6.53. The van der Waals surface area contributed by atoms with E-state index in [0.29, 0.717) is 5.56 Å². The fourth-order valence-corrected chi connectivity index (χ4v) is 2.91. The van der Waals surface area contributed by atoms with E-state index in [4.69, 9.17) is 11.6 Å². The molecule has 0 atom stereocenters. The Morgan fingerprint density at radius 2 is 1.73 bits per heavy atom. The third kappa shape index (κ3) is 3.96. The Hall–Kier alpha value is -1.20. The molecule has 0 radical (unpaired) electrons. The summed E-state index contributed by atoms with van der Waals surface area (Å²) in [7, 11) is 0. The second-order valence-corrected chi connectivity index (χ2v) is 6.60. The van der Waals surface area contributed by atoms with Crippen LogP contribution < -0.4 is 0 Å². The number of hydrogen-bond donors (Lipinski definition) is 0. The quantitative estimate of drug-likeness (QED) is 0.430. The molecule has 2 aromatic carbocycles. The van der Waals surface area contributed by atoms with E-state index in [1.165, 1.54) is 24.3 Å². The molecule has 0 heterocycles. The van der Waals surface area contributed by atoms with Crippen LogP contribution in [0, 0.1) is 5.82 Å². The lowest BCUT2D eigenvalue weighted by Gasteiger charge is -2.13. The Balaban J connectivity index is 2.53. The maximum absolute atomic E-state index is 14.6. The number of benzene rings is 2. The summed E-state index contributed by atoms with van der Waals surface area (Å²) in [5.41, 5.74) is -3.43. The average Bonchev–Trinajstić information content (AvgIpc) is 2.39. The van der Waals surface area contributed by atoms with Gasteiger partial charge < -0.3 is 0 Å². The predicted octanol–water partition coefficient (Wildman–Crippen LogP) is 6.88. The summed E-state index contributed by atoms with van der Waals surface area (Å²) in [5, 5.41) is 0.214. The van der Waals surface area contributed by atoms with Gasteiger partial charge in [-0.3, -0.25) is 0 Å². The van der Waals surface area contributed by atoms with Gasteiger partial charge in [0.2, 0.25) is 0 Å². The summed E-state index contributed by atoms with van der Waals surface area (Å²) in [4.78, 5) is -0.0266. The molecule has 0 saturated heterocycles. The van der Waals surface area contributed by atoms with Crippen molar-refractivity contribution in [1.29, 1.82) is 0 Å². The molecule has 118 valence electrons. The molecule has 0 fully saturated rings. The van der Waals surface area contributed by atoms with Gasteiger partial charge in [-0.05, 0) is 41.4 Å². The number of alkyl halides is 3. The van der Waals surface area contributed by atoms with Crippen LogP contribution >= 0.6 is 23.4 Å². The van der Waals surface area contributed by atoms with Gasteiger partial charge in [-0.25, -0.2) is 4.39 Å². The van der Waals surface area contributed by atoms with Gasteiger partial charge in [-0.2, -0.15) is 13.2 Å². The third-order valence-electron chi connectivity index (χ3n) is 3.11. The molecule has 2 rings (SSSR count). The van der Waals surface area contributed by atoms with E-state index in [1.54, 1.807) is 12.1 Å². The van der Waals surface area contributed by atoms with Crippen molar-refractivity contribution < 1.29 is 17.6 Å². The molecule has 0 saturated carbocycles. The van der Waals surface area contributed by atoms with E-state index in [1.807, 2.05) is 13.8 Å². The van der Waals surface area contributed by atoms with Crippen molar-refractivity contribution in [1.82, 2.24) is 0 Å². The van der Waals surface area contributed by atoms with Gasteiger partial charge in [0.15, 0.2) is 0 Å². The Morgan fingerprint density at radius 3 is 2.32 bits per heavy atom. The van der Waals surface area contributed by atoms with Crippen LogP contribution in [0.2, 0.25) is 5.02 Å². The van der Waals surface area contributed by atoms with Gasteiger partial charge in [-0.1, -0.05) is 43.6 Å². The minimum absolute atomic E-state index is 0.0266. The van der Waals surface area contributed by atoms with Gasteiger partial charge in [0.05, 0.1) is 0 Å². The highest BCUT2D eigenvalue weighted by atomic mass is 35.5. The zero-order chi connectivity index (χ0) is 16.5. The van der Waals surface area contributed by atoms with E-state index < -0.39 is 11.3 Å². The fourth-order valence-electron chi connectivity index (χ4n) is 2.11. The van der Waals surface area contributed by atoms with Crippen molar-refractivity contribution in [3.8, 4) is 11.1 Å². The maximum Gasteiger partial charge on any atom is 0.446 e. The smallest absolute Gasteiger partial charge is 0.206 e. The van der Waals surface area contributed by atoms with Crippen molar-refractivity contribution in [2.24, 2.45) is 0 Å². The summed E-state index contributed by atoms with van der Waals surface area (Å²) < 4.78 is 52.0. The molecular formula is C16H13ClF4S. The van der Waals surface area contributed by atoms with Crippen LogP contribution in [0.4, 0.5) is 17.6 Å². The molecule has 0 N–H and O–H groups in total. The molecule has 0 unspecified atom stereocenters. The highest BCUT2D eigenvalue weighted by Gasteiger charge is 2.29. The number of rotatable bonds is 3. The van der Waals surface area contributed by atoms with Gasteiger partial charge in [0, 0.05) is 21.0 Å². The average molecular weight is 349 g/mol. The molecule has 2 aromatic rings. The summed E-state index contributed by atoms with van der Waals surface area (Å²) in [6.45, 7) is 3.69. The first-order chi connectivity index (χ1) is 10.2. The minimum Gasteiger partial charge on any atom is -0.206 e. The Morgan fingerprint density at radius 1 is 1.05 bits per heavy atom. The highest BCUT2D eigenvalue weighted by Crippen LogP contribution is 2.41. The maximum atomic E-state index is 14.6. The van der Waals surface area contributed by atoms with Crippen molar-refractivity contribution in [2.75, 3.05) is 0 Å². The number of thioether (sulfide) groups is 1. The molecule has 0 nitrogen and oxygen atoms in total. The Kier molecular flexibility index (Phi) is 5.07. The molecule has 0 aromatic heterocycles. The summed E-state index contributed by atoms with van der Waals surface area (Å²) in [6.07, 6.45) is 0.